The van der Waals surface area contributed by atoms with E-state index in [1.165, 1.54) is 19.3 Å². The Kier molecular flexibility index (Phi) is 8.50. The number of aryl methyl sites for hydroxylation is 1. The van der Waals surface area contributed by atoms with E-state index >= 15 is 0 Å². The third-order valence-corrected chi connectivity index (χ3v) is 6.49. The maximum atomic E-state index is 13.4. The average molecular weight is 487 g/mol. The van der Waals surface area contributed by atoms with Crippen LogP contribution in [0.3, 0.4) is 0 Å². The number of anilines is 2. The van der Waals surface area contributed by atoms with Crippen LogP contribution in [0.2, 0.25) is 0 Å². The highest BCUT2D eigenvalue weighted by molar-refractivity contribution is 5.84. The van der Waals surface area contributed by atoms with Crippen molar-refractivity contribution < 1.29 is 4.79 Å². The van der Waals surface area contributed by atoms with Crippen LogP contribution in [-0.4, -0.2) is 38.0 Å². The van der Waals surface area contributed by atoms with Gasteiger partial charge in [0.15, 0.2) is 5.69 Å². The fourth-order valence-electron chi connectivity index (χ4n) is 4.59. The van der Waals surface area contributed by atoms with Gasteiger partial charge < -0.3 is 16.0 Å². The summed E-state index contributed by atoms with van der Waals surface area (Å²) in [7, 11) is 0. The van der Waals surface area contributed by atoms with Crippen molar-refractivity contribution in [1.82, 2.24) is 24.8 Å². The molecule has 1 aromatic carbocycles. The van der Waals surface area contributed by atoms with Gasteiger partial charge in [0.1, 0.15) is 24.0 Å². The molecule has 3 N–H and O–H groups in total. The quantitative estimate of drug-likeness (QED) is 0.348. The van der Waals surface area contributed by atoms with Crippen LogP contribution in [0.25, 0.3) is 10.7 Å². The molecule has 1 fully saturated rings. The first-order valence-corrected chi connectivity index (χ1v) is 12.7. The van der Waals surface area contributed by atoms with Gasteiger partial charge in [0, 0.05) is 25.4 Å². The monoisotopic (exact) mass is 486 g/mol. The predicted molar refractivity (Wildman–Crippen MR) is 141 cm³/mol. The molecule has 4 rings (SSSR count). The molecule has 1 saturated carbocycles. The standard InChI is InChI=1S/C27H34N8O/c1-4-29-27-33-24(15-25(34-27)35-17-19(2)31-18-35)32-23(14-20-8-6-5-7-9-20)26(36)30-16-21-10-12-22(28-3)13-11-21/h10-13,15,17-18,20,23H,4-9,14,16H2,1-2H3,(H,30,36)(H2,29,32,33,34)/t23-/m1/s1. The first-order chi connectivity index (χ1) is 17.5. The average Bonchev–Trinajstić information content (AvgIpc) is 3.34. The maximum absolute atomic E-state index is 13.4. The van der Waals surface area contributed by atoms with Gasteiger partial charge in [-0.2, -0.15) is 9.97 Å². The number of nitrogens with one attached hydrogen (secondary N) is 3. The third-order valence-electron chi connectivity index (χ3n) is 6.49. The molecule has 0 saturated heterocycles. The largest absolute Gasteiger partial charge is 0.358 e. The van der Waals surface area contributed by atoms with Crippen LogP contribution in [0.1, 0.15) is 56.7 Å². The lowest BCUT2D eigenvalue weighted by Gasteiger charge is -2.27. The number of carbonyl (C=O) groups is 1. The van der Waals surface area contributed by atoms with E-state index in [0.29, 0.717) is 42.3 Å². The maximum Gasteiger partial charge on any atom is 0.242 e. The molecule has 0 unspecified atom stereocenters. The van der Waals surface area contributed by atoms with E-state index in [4.69, 9.17) is 6.57 Å². The van der Waals surface area contributed by atoms with Crippen LogP contribution in [0.4, 0.5) is 17.5 Å². The molecule has 36 heavy (non-hydrogen) atoms. The van der Waals surface area contributed by atoms with Crippen molar-refractivity contribution in [3.8, 4) is 5.82 Å². The molecule has 2 aromatic heterocycles. The van der Waals surface area contributed by atoms with Crippen molar-refractivity contribution in [3.63, 3.8) is 0 Å². The molecule has 1 amide bonds. The Hall–Kier alpha value is -3.93. The predicted octanol–water partition coefficient (Wildman–Crippen LogP) is 5.02. The zero-order valence-corrected chi connectivity index (χ0v) is 21.0. The first kappa shape index (κ1) is 25.2. The van der Waals surface area contributed by atoms with Crippen LogP contribution in [0.5, 0.6) is 0 Å². The molecule has 1 atom stereocenters. The van der Waals surface area contributed by atoms with E-state index in [1.807, 2.05) is 42.8 Å². The molecular weight excluding hydrogens is 452 g/mol. The van der Waals surface area contributed by atoms with Crippen molar-refractivity contribution in [3.05, 3.63) is 65.5 Å². The first-order valence-electron chi connectivity index (χ1n) is 12.7. The van der Waals surface area contributed by atoms with Gasteiger partial charge in [-0.3, -0.25) is 9.36 Å². The summed E-state index contributed by atoms with van der Waals surface area (Å²) in [6, 6.07) is 8.74. The number of imidazole rings is 1. The zero-order valence-electron chi connectivity index (χ0n) is 21.0. The summed E-state index contributed by atoms with van der Waals surface area (Å²) in [5.74, 6) is 2.23. The number of rotatable bonds is 10. The number of hydrogen-bond acceptors (Lipinski definition) is 6. The van der Waals surface area contributed by atoms with Gasteiger partial charge in [0.05, 0.1) is 12.3 Å². The smallest absolute Gasteiger partial charge is 0.242 e. The highest BCUT2D eigenvalue weighted by Crippen LogP contribution is 2.28. The molecule has 0 aliphatic heterocycles. The van der Waals surface area contributed by atoms with Crippen molar-refractivity contribution in [2.45, 2.75) is 65.0 Å². The topological polar surface area (TPSA) is 101 Å². The van der Waals surface area contributed by atoms with E-state index in [2.05, 4.69) is 35.7 Å². The zero-order chi connectivity index (χ0) is 25.3. The Balaban J connectivity index is 1.53. The molecule has 1 aliphatic rings. The van der Waals surface area contributed by atoms with Gasteiger partial charge >= 0.3 is 0 Å². The molecule has 188 valence electrons. The van der Waals surface area contributed by atoms with Crippen LogP contribution in [0.15, 0.2) is 42.9 Å². The summed E-state index contributed by atoms with van der Waals surface area (Å²) in [6.45, 7) is 12.1. The lowest BCUT2D eigenvalue weighted by Crippen LogP contribution is -2.41. The fraction of sp³-hybridized carbons (Fsp3) is 0.444. The van der Waals surface area contributed by atoms with Gasteiger partial charge in [0.2, 0.25) is 11.9 Å². The summed E-state index contributed by atoms with van der Waals surface area (Å²) in [5.41, 5.74) is 2.44. The van der Waals surface area contributed by atoms with E-state index in [1.54, 1.807) is 18.5 Å². The summed E-state index contributed by atoms with van der Waals surface area (Å²) in [5, 5.41) is 9.69. The van der Waals surface area contributed by atoms with Crippen LogP contribution < -0.4 is 16.0 Å². The molecular formula is C27H34N8O. The van der Waals surface area contributed by atoms with Crippen molar-refractivity contribution in [2.75, 3.05) is 17.2 Å². The summed E-state index contributed by atoms with van der Waals surface area (Å²) in [4.78, 5) is 30.4. The molecule has 9 heteroatoms. The molecule has 3 aromatic rings. The normalized spacial score (nSPS) is 14.6. The van der Waals surface area contributed by atoms with Gasteiger partial charge in [-0.1, -0.05) is 56.4 Å². The van der Waals surface area contributed by atoms with Crippen LogP contribution >= 0.6 is 0 Å². The second-order valence-electron chi connectivity index (χ2n) is 9.32. The van der Waals surface area contributed by atoms with Gasteiger partial charge in [0.25, 0.3) is 0 Å². The lowest BCUT2D eigenvalue weighted by molar-refractivity contribution is -0.122. The number of aromatic nitrogens is 4. The fourth-order valence-corrected chi connectivity index (χ4v) is 4.59. The number of amides is 1. The SMILES string of the molecule is [C-]#[N+]c1ccc(CNC(=O)[C@@H](CC2CCCCC2)Nc2cc(-n3cnc(C)c3)nc(NCC)n2)cc1. The Morgan fingerprint density at radius 1 is 1.19 bits per heavy atom. The Labute approximate surface area is 212 Å². The molecule has 2 heterocycles. The molecule has 0 radical (unpaired) electrons. The number of nitrogens with zero attached hydrogens (tertiary/aromatic N) is 5. The second kappa shape index (κ2) is 12.2. The minimum atomic E-state index is -0.419. The van der Waals surface area contributed by atoms with Crippen LogP contribution in [0, 0.1) is 19.4 Å². The van der Waals surface area contributed by atoms with Gasteiger partial charge in [-0.15, -0.1) is 0 Å². The second-order valence-corrected chi connectivity index (χ2v) is 9.32. The lowest BCUT2D eigenvalue weighted by atomic mass is 9.84. The summed E-state index contributed by atoms with van der Waals surface area (Å²) < 4.78 is 1.85. The molecule has 1 aliphatic carbocycles. The number of benzene rings is 1. The summed E-state index contributed by atoms with van der Waals surface area (Å²) in [6.07, 6.45) is 10.4. The molecule has 9 nitrogen and oxygen atoms in total. The molecule has 0 bridgehead atoms. The minimum absolute atomic E-state index is 0.0570. The third kappa shape index (κ3) is 6.81. The van der Waals surface area contributed by atoms with Crippen molar-refractivity contribution in [1.29, 1.82) is 0 Å². The molecule has 0 spiro atoms. The van der Waals surface area contributed by atoms with Gasteiger partial charge in [-0.25, -0.2) is 9.83 Å². The number of hydrogen-bond donors (Lipinski definition) is 3. The van der Waals surface area contributed by atoms with Crippen LogP contribution in [-0.2, 0) is 11.3 Å². The minimum Gasteiger partial charge on any atom is -0.358 e. The van der Waals surface area contributed by atoms with Gasteiger partial charge in [-0.05, 0) is 31.7 Å². The van der Waals surface area contributed by atoms with Crippen molar-refractivity contribution in [2.24, 2.45) is 5.92 Å². The highest BCUT2D eigenvalue weighted by atomic mass is 16.2. The Morgan fingerprint density at radius 3 is 2.64 bits per heavy atom. The van der Waals surface area contributed by atoms with E-state index in [9.17, 15) is 4.79 Å². The van der Waals surface area contributed by atoms with E-state index in [0.717, 1.165) is 30.5 Å². The van der Waals surface area contributed by atoms with E-state index < -0.39 is 6.04 Å². The Bertz CT molecular complexity index is 1190. The Morgan fingerprint density at radius 2 is 1.97 bits per heavy atom. The van der Waals surface area contributed by atoms with E-state index in [-0.39, 0.29) is 5.91 Å². The highest BCUT2D eigenvalue weighted by Gasteiger charge is 2.25. The van der Waals surface area contributed by atoms with Crippen molar-refractivity contribution >= 4 is 23.4 Å². The number of carbonyl (C=O) groups excluding carboxylic acids is 1. The summed E-state index contributed by atoms with van der Waals surface area (Å²) >= 11 is 0.